The first-order chi connectivity index (χ1) is 12.0. The van der Waals surface area contributed by atoms with E-state index in [4.69, 9.17) is 21.4 Å². The summed E-state index contributed by atoms with van der Waals surface area (Å²) in [6, 6.07) is 5.31. The number of piperidine rings is 1. The fourth-order valence-electron chi connectivity index (χ4n) is 3.20. The Morgan fingerprint density at radius 3 is 2.96 bits per heavy atom. The van der Waals surface area contributed by atoms with Gasteiger partial charge in [0.15, 0.2) is 0 Å². The molecular weight excluding hydrogens is 344 g/mol. The number of ether oxygens (including phenoxy) is 1. The zero-order valence-electron chi connectivity index (χ0n) is 14.5. The standard InChI is InChI=1S/C18H25ClN2O4/c1-25-16-6-5-15(19)9-14(16)10-20-17(22)12-21-8-2-3-13(11-21)4-7-18(23)24/h5-6,9,13H,2-4,7-8,10-12H2,1H3,(H,20,22)(H,23,24). The molecule has 1 amide bonds. The number of likely N-dealkylation sites (tertiary alicyclic amines) is 1. The molecule has 1 aromatic carbocycles. The first-order valence-corrected chi connectivity index (χ1v) is 8.89. The van der Waals surface area contributed by atoms with Gasteiger partial charge >= 0.3 is 5.97 Å². The molecule has 7 heteroatoms. The van der Waals surface area contributed by atoms with E-state index in [1.807, 2.05) is 0 Å². The average Bonchev–Trinajstić information content (AvgIpc) is 2.58. The van der Waals surface area contributed by atoms with Gasteiger partial charge in [0, 0.05) is 30.1 Å². The van der Waals surface area contributed by atoms with Crippen molar-refractivity contribution >= 4 is 23.5 Å². The van der Waals surface area contributed by atoms with E-state index in [0.717, 1.165) is 31.5 Å². The highest BCUT2D eigenvalue weighted by Crippen LogP contribution is 2.23. The van der Waals surface area contributed by atoms with Crippen LogP contribution in [0.25, 0.3) is 0 Å². The van der Waals surface area contributed by atoms with Crippen molar-refractivity contribution in [2.75, 3.05) is 26.7 Å². The minimum atomic E-state index is -0.759. The predicted molar refractivity (Wildman–Crippen MR) is 95.9 cm³/mol. The molecular formula is C18H25ClN2O4. The highest BCUT2D eigenvalue weighted by Gasteiger charge is 2.22. The molecule has 2 N–H and O–H groups in total. The van der Waals surface area contributed by atoms with Crippen molar-refractivity contribution in [3.63, 3.8) is 0 Å². The minimum Gasteiger partial charge on any atom is -0.496 e. The third-order valence-electron chi connectivity index (χ3n) is 4.46. The molecule has 1 aromatic rings. The molecule has 0 aliphatic carbocycles. The number of methoxy groups -OCH3 is 1. The maximum Gasteiger partial charge on any atom is 0.303 e. The van der Waals surface area contributed by atoms with Crippen LogP contribution in [-0.4, -0.2) is 48.6 Å². The molecule has 1 saturated heterocycles. The van der Waals surface area contributed by atoms with Crippen LogP contribution in [-0.2, 0) is 16.1 Å². The van der Waals surface area contributed by atoms with E-state index in [-0.39, 0.29) is 12.3 Å². The number of rotatable bonds is 8. The second kappa shape index (κ2) is 9.63. The number of hydrogen-bond acceptors (Lipinski definition) is 4. The Bertz CT molecular complexity index is 609. The largest absolute Gasteiger partial charge is 0.496 e. The smallest absolute Gasteiger partial charge is 0.303 e. The number of hydrogen-bond donors (Lipinski definition) is 2. The molecule has 1 aliphatic rings. The molecule has 1 unspecified atom stereocenters. The summed E-state index contributed by atoms with van der Waals surface area (Å²) in [5, 5.41) is 12.3. The summed E-state index contributed by atoms with van der Waals surface area (Å²) in [7, 11) is 1.58. The van der Waals surface area contributed by atoms with Gasteiger partial charge in [-0.25, -0.2) is 0 Å². The van der Waals surface area contributed by atoms with E-state index >= 15 is 0 Å². The van der Waals surface area contributed by atoms with Crippen molar-refractivity contribution in [2.45, 2.75) is 32.2 Å². The maximum atomic E-state index is 12.2. The highest BCUT2D eigenvalue weighted by molar-refractivity contribution is 6.30. The van der Waals surface area contributed by atoms with Crippen LogP contribution < -0.4 is 10.1 Å². The summed E-state index contributed by atoms with van der Waals surface area (Å²) in [6.07, 6.45) is 2.90. The molecule has 6 nitrogen and oxygen atoms in total. The summed E-state index contributed by atoms with van der Waals surface area (Å²) in [6.45, 7) is 2.34. The summed E-state index contributed by atoms with van der Waals surface area (Å²) in [5.74, 6) is 0.230. The van der Waals surface area contributed by atoms with E-state index in [0.29, 0.717) is 36.2 Å². The molecule has 1 heterocycles. The number of amides is 1. The van der Waals surface area contributed by atoms with Gasteiger partial charge < -0.3 is 15.2 Å². The molecule has 0 saturated carbocycles. The fourth-order valence-corrected chi connectivity index (χ4v) is 3.39. The van der Waals surface area contributed by atoms with E-state index in [9.17, 15) is 9.59 Å². The van der Waals surface area contributed by atoms with Gasteiger partial charge in [0.05, 0.1) is 13.7 Å². The SMILES string of the molecule is COc1ccc(Cl)cc1CNC(=O)CN1CCCC(CCC(=O)O)C1. The van der Waals surface area contributed by atoms with Crippen LogP contribution in [0.15, 0.2) is 18.2 Å². The van der Waals surface area contributed by atoms with Crippen LogP contribution in [0.3, 0.4) is 0 Å². The quantitative estimate of drug-likeness (QED) is 0.737. The zero-order valence-corrected chi connectivity index (χ0v) is 15.2. The van der Waals surface area contributed by atoms with Crippen LogP contribution in [0.4, 0.5) is 0 Å². The molecule has 0 aromatic heterocycles. The van der Waals surface area contributed by atoms with Gasteiger partial charge in [0.25, 0.3) is 0 Å². The normalized spacial score (nSPS) is 17.9. The van der Waals surface area contributed by atoms with Gasteiger partial charge in [-0.1, -0.05) is 11.6 Å². The third-order valence-corrected chi connectivity index (χ3v) is 4.69. The summed E-state index contributed by atoms with van der Waals surface area (Å²) >= 11 is 5.99. The summed E-state index contributed by atoms with van der Waals surface area (Å²) in [5.41, 5.74) is 0.835. The molecule has 1 aliphatic heterocycles. The number of carboxylic acids is 1. The third kappa shape index (κ3) is 6.55. The number of nitrogens with zero attached hydrogens (tertiary/aromatic N) is 1. The first kappa shape index (κ1) is 19.5. The Labute approximate surface area is 153 Å². The molecule has 25 heavy (non-hydrogen) atoms. The van der Waals surface area contributed by atoms with E-state index in [1.54, 1.807) is 25.3 Å². The topological polar surface area (TPSA) is 78.9 Å². The van der Waals surface area contributed by atoms with Crippen LogP contribution >= 0.6 is 11.6 Å². The van der Waals surface area contributed by atoms with Crippen molar-refractivity contribution < 1.29 is 19.4 Å². The van der Waals surface area contributed by atoms with Gasteiger partial charge in [-0.2, -0.15) is 0 Å². The van der Waals surface area contributed by atoms with Gasteiger partial charge in [0.1, 0.15) is 5.75 Å². The minimum absolute atomic E-state index is 0.0547. The number of benzene rings is 1. The maximum absolute atomic E-state index is 12.2. The second-order valence-corrected chi connectivity index (χ2v) is 6.85. The Morgan fingerprint density at radius 1 is 1.44 bits per heavy atom. The Morgan fingerprint density at radius 2 is 2.24 bits per heavy atom. The lowest BCUT2D eigenvalue weighted by Gasteiger charge is -2.32. The van der Waals surface area contributed by atoms with Crippen LogP contribution in [0.1, 0.15) is 31.2 Å². The number of carbonyl (C=O) groups is 2. The van der Waals surface area contributed by atoms with Crippen LogP contribution in [0.2, 0.25) is 5.02 Å². The van der Waals surface area contributed by atoms with Gasteiger partial charge in [-0.3, -0.25) is 14.5 Å². The number of halogens is 1. The molecule has 0 bridgehead atoms. The van der Waals surface area contributed by atoms with Crippen molar-refractivity contribution in [1.29, 1.82) is 0 Å². The van der Waals surface area contributed by atoms with Gasteiger partial charge in [-0.15, -0.1) is 0 Å². The molecule has 2 rings (SSSR count). The first-order valence-electron chi connectivity index (χ1n) is 8.51. The van der Waals surface area contributed by atoms with Gasteiger partial charge in [-0.05, 0) is 49.9 Å². The van der Waals surface area contributed by atoms with Crippen molar-refractivity contribution in [3.8, 4) is 5.75 Å². The zero-order chi connectivity index (χ0) is 18.2. The molecule has 0 radical (unpaired) electrons. The number of nitrogens with one attached hydrogen (secondary N) is 1. The summed E-state index contributed by atoms with van der Waals surface area (Å²) in [4.78, 5) is 25.0. The molecule has 138 valence electrons. The second-order valence-electron chi connectivity index (χ2n) is 6.41. The highest BCUT2D eigenvalue weighted by atomic mass is 35.5. The molecule has 0 spiro atoms. The molecule has 1 fully saturated rings. The Kier molecular flexibility index (Phi) is 7.52. The predicted octanol–water partition coefficient (Wildman–Crippen LogP) is 2.54. The average molecular weight is 369 g/mol. The number of carboxylic acid groups (broad SMARTS) is 1. The van der Waals surface area contributed by atoms with Crippen molar-refractivity contribution in [1.82, 2.24) is 10.2 Å². The van der Waals surface area contributed by atoms with Gasteiger partial charge in [0.2, 0.25) is 5.91 Å². The van der Waals surface area contributed by atoms with E-state index in [1.165, 1.54) is 0 Å². The monoisotopic (exact) mass is 368 g/mol. The van der Waals surface area contributed by atoms with Crippen LogP contribution in [0, 0.1) is 5.92 Å². The van der Waals surface area contributed by atoms with E-state index in [2.05, 4.69) is 10.2 Å². The number of aliphatic carboxylic acids is 1. The fraction of sp³-hybridized carbons (Fsp3) is 0.556. The van der Waals surface area contributed by atoms with E-state index < -0.39 is 5.97 Å². The van der Waals surface area contributed by atoms with Crippen molar-refractivity contribution in [2.24, 2.45) is 5.92 Å². The lowest BCUT2D eigenvalue weighted by molar-refractivity contribution is -0.137. The van der Waals surface area contributed by atoms with Crippen molar-refractivity contribution in [3.05, 3.63) is 28.8 Å². The Balaban J connectivity index is 1.80. The van der Waals surface area contributed by atoms with Crippen LogP contribution in [0.5, 0.6) is 5.75 Å². The molecule has 1 atom stereocenters. The Hall–Kier alpha value is -1.79. The lowest BCUT2D eigenvalue weighted by Crippen LogP contribution is -2.42. The lowest BCUT2D eigenvalue weighted by atomic mass is 9.93. The summed E-state index contributed by atoms with van der Waals surface area (Å²) < 4.78 is 5.27. The number of carbonyl (C=O) groups excluding carboxylic acids is 1.